The monoisotopic (exact) mass is 324 g/mol. The first-order valence-corrected chi connectivity index (χ1v) is 7.91. The van der Waals surface area contributed by atoms with Crippen LogP contribution in [0.4, 0.5) is 0 Å². The molecule has 0 aliphatic heterocycles. The van der Waals surface area contributed by atoms with Crippen molar-refractivity contribution in [3.8, 4) is 5.75 Å². The number of rotatable bonds is 6. The second kappa shape index (κ2) is 8.03. The van der Waals surface area contributed by atoms with Gasteiger partial charge in [0.05, 0.1) is 18.9 Å². The highest BCUT2D eigenvalue weighted by Gasteiger charge is 2.30. The van der Waals surface area contributed by atoms with Crippen LogP contribution in [0.25, 0.3) is 0 Å². The van der Waals surface area contributed by atoms with Crippen LogP contribution in [-0.4, -0.2) is 24.5 Å². The van der Waals surface area contributed by atoms with Crippen LogP contribution in [0.2, 0.25) is 5.02 Å². The van der Waals surface area contributed by atoms with E-state index >= 15 is 0 Å². The molecule has 22 heavy (non-hydrogen) atoms. The first kappa shape index (κ1) is 16.6. The molecule has 2 rings (SSSR count). The Balaban J connectivity index is 1.76. The largest absolute Gasteiger partial charge is 0.493 e. The number of carbonyl (C=O) groups excluding carboxylic acids is 2. The van der Waals surface area contributed by atoms with Gasteiger partial charge in [-0.1, -0.05) is 30.5 Å². The van der Waals surface area contributed by atoms with Crippen molar-refractivity contribution in [2.24, 2.45) is 11.7 Å². The van der Waals surface area contributed by atoms with Crippen molar-refractivity contribution in [1.82, 2.24) is 5.32 Å². The van der Waals surface area contributed by atoms with E-state index in [9.17, 15) is 9.59 Å². The average Bonchev–Trinajstić information content (AvgIpc) is 2.47. The molecule has 0 bridgehead atoms. The van der Waals surface area contributed by atoms with Gasteiger partial charge in [0, 0.05) is 11.1 Å². The highest BCUT2D eigenvalue weighted by Crippen LogP contribution is 2.24. The van der Waals surface area contributed by atoms with Gasteiger partial charge in [0.2, 0.25) is 11.8 Å². The topological polar surface area (TPSA) is 81.4 Å². The van der Waals surface area contributed by atoms with Gasteiger partial charge < -0.3 is 15.8 Å². The van der Waals surface area contributed by atoms with Crippen LogP contribution in [0.5, 0.6) is 5.75 Å². The molecule has 1 fully saturated rings. The lowest BCUT2D eigenvalue weighted by Crippen LogP contribution is -2.47. The zero-order valence-electron chi connectivity index (χ0n) is 12.4. The Kier molecular flexibility index (Phi) is 6.07. The third kappa shape index (κ3) is 4.91. The van der Waals surface area contributed by atoms with Gasteiger partial charge in [-0.3, -0.25) is 9.59 Å². The van der Waals surface area contributed by atoms with E-state index in [0.29, 0.717) is 10.8 Å². The fourth-order valence-electron chi connectivity index (χ4n) is 2.74. The maximum atomic E-state index is 12.0. The molecule has 6 heteroatoms. The van der Waals surface area contributed by atoms with E-state index in [4.69, 9.17) is 22.1 Å². The Bertz CT molecular complexity index is 536. The summed E-state index contributed by atoms with van der Waals surface area (Å²) in [4.78, 5) is 23.4. The van der Waals surface area contributed by atoms with Crippen LogP contribution in [0.15, 0.2) is 24.3 Å². The van der Waals surface area contributed by atoms with Crippen molar-refractivity contribution in [2.45, 2.75) is 38.1 Å². The van der Waals surface area contributed by atoms with E-state index in [1.807, 2.05) is 0 Å². The molecule has 1 saturated carbocycles. The van der Waals surface area contributed by atoms with E-state index in [2.05, 4.69) is 5.32 Å². The number of nitrogens with one attached hydrogen (secondary N) is 1. The molecule has 0 heterocycles. The molecule has 0 radical (unpaired) electrons. The molecule has 1 aromatic carbocycles. The summed E-state index contributed by atoms with van der Waals surface area (Å²) >= 11 is 5.86. The quantitative estimate of drug-likeness (QED) is 0.842. The number of carbonyl (C=O) groups is 2. The number of benzene rings is 1. The average molecular weight is 325 g/mol. The number of ether oxygens (including phenoxy) is 1. The summed E-state index contributed by atoms with van der Waals surface area (Å²) < 4.78 is 5.48. The van der Waals surface area contributed by atoms with Gasteiger partial charge in [0.1, 0.15) is 5.75 Å². The second-order valence-corrected chi connectivity index (χ2v) is 5.96. The third-order valence-electron chi connectivity index (χ3n) is 3.87. The summed E-state index contributed by atoms with van der Waals surface area (Å²) in [6, 6.07) is 6.88. The second-order valence-electron chi connectivity index (χ2n) is 5.52. The number of amides is 2. The fourth-order valence-corrected chi connectivity index (χ4v) is 2.92. The van der Waals surface area contributed by atoms with Gasteiger partial charge >= 0.3 is 0 Å². The lowest BCUT2D eigenvalue weighted by atomic mass is 9.84. The minimum Gasteiger partial charge on any atom is -0.493 e. The molecular formula is C16H21ClN2O3. The van der Waals surface area contributed by atoms with Crippen molar-refractivity contribution in [2.75, 3.05) is 6.61 Å². The normalized spacial score (nSPS) is 21.1. The zero-order chi connectivity index (χ0) is 15.9. The molecule has 2 amide bonds. The summed E-state index contributed by atoms with van der Waals surface area (Å²) in [5, 5.41) is 3.49. The molecule has 1 aliphatic carbocycles. The number of hydrogen-bond acceptors (Lipinski definition) is 3. The molecule has 0 saturated heterocycles. The van der Waals surface area contributed by atoms with Crippen LogP contribution in [-0.2, 0) is 9.59 Å². The van der Waals surface area contributed by atoms with Gasteiger partial charge in [-0.05, 0) is 31.0 Å². The Labute approximate surface area is 135 Å². The zero-order valence-corrected chi connectivity index (χ0v) is 13.1. The molecule has 120 valence electrons. The van der Waals surface area contributed by atoms with E-state index in [-0.39, 0.29) is 36.8 Å². The van der Waals surface area contributed by atoms with Gasteiger partial charge in [0.15, 0.2) is 0 Å². The first-order valence-electron chi connectivity index (χ1n) is 7.53. The minimum absolute atomic E-state index is 0.125. The van der Waals surface area contributed by atoms with Gasteiger partial charge in [0.25, 0.3) is 0 Å². The number of primary amides is 1. The van der Waals surface area contributed by atoms with Gasteiger partial charge in [-0.2, -0.15) is 0 Å². The first-order chi connectivity index (χ1) is 10.6. The number of nitrogens with two attached hydrogens (primary N) is 1. The van der Waals surface area contributed by atoms with E-state index in [1.54, 1.807) is 24.3 Å². The summed E-state index contributed by atoms with van der Waals surface area (Å²) in [7, 11) is 0. The predicted molar refractivity (Wildman–Crippen MR) is 84.6 cm³/mol. The summed E-state index contributed by atoms with van der Waals surface area (Å²) in [6.45, 7) is 0.264. The molecule has 5 nitrogen and oxygen atoms in total. The molecule has 0 spiro atoms. The number of hydrogen-bond donors (Lipinski definition) is 2. The smallest absolute Gasteiger partial charge is 0.223 e. The molecule has 2 atom stereocenters. The Morgan fingerprint density at radius 3 is 2.82 bits per heavy atom. The third-order valence-corrected chi connectivity index (χ3v) is 4.11. The maximum absolute atomic E-state index is 12.0. The van der Waals surface area contributed by atoms with E-state index < -0.39 is 0 Å². The van der Waals surface area contributed by atoms with Crippen LogP contribution in [0, 0.1) is 5.92 Å². The predicted octanol–water partition coefficient (Wildman–Crippen LogP) is 2.27. The van der Waals surface area contributed by atoms with Crippen molar-refractivity contribution in [3.63, 3.8) is 0 Å². The SMILES string of the molecule is NC(=O)[C@H]1CCCC[C@H]1NC(=O)CCOc1cccc(Cl)c1. The maximum Gasteiger partial charge on any atom is 0.223 e. The Morgan fingerprint density at radius 1 is 1.32 bits per heavy atom. The summed E-state index contributed by atoms with van der Waals surface area (Å²) in [6.07, 6.45) is 3.77. The highest BCUT2D eigenvalue weighted by molar-refractivity contribution is 6.30. The minimum atomic E-state index is -0.333. The van der Waals surface area contributed by atoms with Crippen LogP contribution < -0.4 is 15.8 Å². The van der Waals surface area contributed by atoms with Crippen LogP contribution in [0.1, 0.15) is 32.1 Å². The molecule has 3 N–H and O–H groups in total. The van der Waals surface area contributed by atoms with Crippen molar-refractivity contribution < 1.29 is 14.3 Å². The molecule has 0 aromatic heterocycles. The van der Waals surface area contributed by atoms with Crippen LogP contribution in [0.3, 0.4) is 0 Å². The standard InChI is InChI=1S/C16H21ClN2O3/c17-11-4-3-5-12(10-11)22-9-8-15(20)19-14-7-2-1-6-13(14)16(18)21/h3-5,10,13-14H,1-2,6-9H2,(H2,18,21)(H,19,20)/t13-,14+/m0/s1. The summed E-state index contributed by atoms with van der Waals surface area (Å²) in [5.74, 6) is -0.0834. The van der Waals surface area contributed by atoms with Crippen molar-refractivity contribution in [1.29, 1.82) is 0 Å². The van der Waals surface area contributed by atoms with Gasteiger partial charge in [-0.25, -0.2) is 0 Å². The molecular weight excluding hydrogens is 304 g/mol. The van der Waals surface area contributed by atoms with E-state index in [1.165, 1.54) is 0 Å². The van der Waals surface area contributed by atoms with Gasteiger partial charge in [-0.15, -0.1) is 0 Å². The van der Waals surface area contributed by atoms with Crippen molar-refractivity contribution in [3.05, 3.63) is 29.3 Å². The molecule has 1 aromatic rings. The summed E-state index contributed by atoms with van der Waals surface area (Å²) in [5.41, 5.74) is 5.40. The molecule has 1 aliphatic rings. The van der Waals surface area contributed by atoms with Crippen molar-refractivity contribution >= 4 is 23.4 Å². The highest BCUT2D eigenvalue weighted by atomic mass is 35.5. The molecule has 0 unspecified atom stereocenters. The fraction of sp³-hybridized carbons (Fsp3) is 0.500. The lowest BCUT2D eigenvalue weighted by Gasteiger charge is -2.29. The Morgan fingerprint density at radius 2 is 2.09 bits per heavy atom. The lowest BCUT2D eigenvalue weighted by molar-refractivity contribution is -0.126. The number of halogens is 1. The Hall–Kier alpha value is -1.75. The van der Waals surface area contributed by atoms with Crippen LogP contribution >= 0.6 is 11.6 Å². The van der Waals surface area contributed by atoms with E-state index in [0.717, 1.165) is 25.7 Å².